The van der Waals surface area contributed by atoms with E-state index in [9.17, 15) is 44.7 Å². The molecule has 0 spiro atoms. The Hall–Kier alpha value is -3.70. The van der Waals surface area contributed by atoms with Gasteiger partial charge in [-0.05, 0) is 0 Å². The lowest BCUT2D eigenvalue weighted by Crippen LogP contribution is -2.15. The number of hydrogen-bond donors (Lipinski definition) is 0. The van der Waals surface area contributed by atoms with E-state index in [2.05, 4.69) is 22.6 Å². The van der Waals surface area contributed by atoms with E-state index in [-0.39, 0.29) is 0 Å². The Morgan fingerprint density at radius 3 is 1.43 bits per heavy atom. The van der Waals surface area contributed by atoms with Gasteiger partial charge in [0.05, 0.1) is 17.4 Å². The average molecular weight is 438 g/mol. The van der Waals surface area contributed by atoms with Crippen molar-refractivity contribution in [3.8, 4) is 16.9 Å². The summed E-state index contributed by atoms with van der Waals surface area (Å²) in [6.07, 6.45) is 0.728. The molecule has 158 valence electrons. The lowest BCUT2D eigenvalue weighted by molar-refractivity contribution is -0.129. The molecule has 4 nitrogen and oxygen atoms in total. The molecule has 30 heavy (non-hydrogen) atoms. The molecule has 0 bridgehead atoms. The molecule has 0 aliphatic carbocycles. The van der Waals surface area contributed by atoms with Crippen molar-refractivity contribution in [3.63, 3.8) is 0 Å². The summed E-state index contributed by atoms with van der Waals surface area (Å²) in [5.41, 5.74) is -6.36. The predicted octanol–water partition coefficient (Wildman–Crippen LogP) is 4.86. The monoisotopic (exact) mass is 438 g/mol. The summed E-state index contributed by atoms with van der Waals surface area (Å²) in [6, 6.07) is 0. The molecule has 0 fully saturated rings. The summed E-state index contributed by atoms with van der Waals surface area (Å²) in [5, 5.41) is 0. The molecular weight excluding hydrogens is 432 g/mol. The van der Waals surface area contributed by atoms with Crippen LogP contribution in [0.15, 0.2) is 25.5 Å². The van der Waals surface area contributed by atoms with Crippen LogP contribution in [0.3, 0.4) is 0 Å². The first kappa shape index (κ1) is 22.6. The average Bonchev–Trinajstić information content (AvgIpc) is 2.70. The fraction of sp³-hybridized carbons (Fsp3) is 0. The van der Waals surface area contributed by atoms with Crippen LogP contribution >= 0.6 is 0 Å². The summed E-state index contributed by atoms with van der Waals surface area (Å²) in [6.45, 7) is 5.74. The van der Waals surface area contributed by atoms with Gasteiger partial charge in [0, 0.05) is 6.08 Å². The number of esters is 2. The Bertz CT molecular complexity index is 1050. The van der Waals surface area contributed by atoms with E-state index in [0.29, 0.717) is 12.3 Å². The van der Waals surface area contributed by atoms with Crippen molar-refractivity contribution in [2.45, 2.75) is 0 Å². The minimum Gasteiger partial charge on any atom is -0.431 e. The fourth-order valence-electron chi connectivity index (χ4n) is 2.23. The van der Waals surface area contributed by atoms with Crippen LogP contribution in [0.1, 0.15) is 10.4 Å². The van der Waals surface area contributed by atoms with Gasteiger partial charge in [0.25, 0.3) is 0 Å². The van der Waals surface area contributed by atoms with Crippen LogP contribution in [0.5, 0.6) is 5.75 Å². The van der Waals surface area contributed by atoms with Crippen LogP contribution in [-0.2, 0) is 9.53 Å². The van der Waals surface area contributed by atoms with Crippen LogP contribution in [0.2, 0.25) is 0 Å². The van der Waals surface area contributed by atoms with Crippen LogP contribution < -0.4 is 4.74 Å². The molecule has 12 heteroatoms. The molecule has 0 unspecified atom stereocenters. The molecule has 0 heterocycles. The molecule has 0 atom stereocenters. The maximum absolute atomic E-state index is 14.3. The summed E-state index contributed by atoms with van der Waals surface area (Å²) in [4.78, 5) is 22.5. The quantitative estimate of drug-likeness (QED) is 0.167. The van der Waals surface area contributed by atoms with Crippen LogP contribution in [-0.4, -0.2) is 11.9 Å². The lowest BCUT2D eigenvalue weighted by atomic mass is 9.99. The van der Waals surface area contributed by atoms with E-state index in [0.717, 1.165) is 0 Å². The van der Waals surface area contributed by atoms with Gasteiger partial charge in [-0.15, -0.1) is 0 Å². The molecule has 0 N–H and O–H groups in total. The van der Waals surface area contributed by atoms with E-state index in [1.165, 1.54) is 0 Å². The molecule has 0 amide bonds. The minimum absolute atomic E-state index is 0.359. The third-order valence-corrected chi connectivity index (χ3v) is 3.50. The van der Waals surface area contributed by atoms with E-state index >= 15 is 0 Å². The Morgan fingerprint density at radius 2 is 1.07 bits per heavy atom. The Kier molecular flexibility index (Phi) is 6.29. The fourth-order valence-corrected chi connectivity index (χ4v) is 2.23. The molecule has 2 aromatic carbocycles. The Morgan fingerprint density at radius 1 is 0.667 bits per heavy atom. The standard InChI is InChI=1S/C18H6F8O4/c1-3-5(27)30-17-15(25)11(21)7(12(22)16(17)26)6-9(19)13(23)8(14(24)10(6)20)18(28)29-4-2/h3-4H,1-2H2. The molecule has 0 saturated carbocycles. The number of benzene rings is 2. The maximum Gasteiger partial charge on any atom is 0.349 e. The van der Waals surface area contributed by atoms with Gasteiger partial charge in [0.15, 0.2) is 34.9 Å². The van der Waals surface area contributed by atoms with Crippen LogP contribution in [0, 0.1) is 46.5 Å². The van der Waals surface area contributed by atoms with Crippen molar-refractivity contribution < 1.29 is 54.2 Å². The van der Waals surface area contributed by atoms with Crippen molar-refractivity contribution in [3.05, 3.63) is 77.6 Å². The van der Waals surface area contributed by atoms with Gasteiger partial charge in [0.1, 0.15) is 5.56 Å². The van der Waals surface area contributed by atoms with E-state index in [4.69, 9.17) is 0 Å². The smallest absolute Gasteiger partial charge is 0.349 e. The number of hydrogen-bond acceptors (Lipinski definition) is 4. The van der Waals surface area contributed by atoms with Crippen molar-refractivity contribution >= 4 is 11.9 Å². The van der Waals surface area contributed by atoms with Crippen molar-refractivity contribution in [2.24, 2.45) is 0 Å². The number of halogens is 8. The molecular formula is C18H6F8O4. The summed E-state index contributed by atoms with van der Waals surface area (Å²) in [5.74, 6) is -25.6. The number of carbonyl (C=O) groups excluding carboxylic acids is 2. The molecule has 0 aliphatic heterocycles. The van der Waals surface area contributed by atoms with Gasteiger partial charge >= 0.3 is 11.9 Å². The molecule has 2 aromatic rings. The van der Waals surface area contributed by atoms with Gasteiger partial charge in [0.2, 0.25) is 17.4 Å². The number of ether oxygens (including phenoxy) is 2. The van der Waals surface area contributed by atoms with E-state index in [1.54, 1.807) is 0 Å². The molecule has 0 aromatic heterocycles. The topological polar surface area (TPSA) is 52.6 Å². The summed E-state index contributed by atoms with van der Waals surface area (Å²) in [7, 11) is 0. The van der Waals surface area contributed by atoms with Crippen molar-refractivity contribution in [1.82, 2.24) is 0 Å². The minimum atomic E-state index is -2.57. The highest BCUT2D eigenvalue weighted by molar-refractivity contribution is 5.91. The van der Waals surface area contributed by atoms with Crippen molar-refractivity contribution in [1.29, 1.82) is 0 Å². The zero-order valence-electron chi connectivity index (χ0n) is 14.2. The van der Waals surface area contributed by atoms with Gasteiger partial charge in [-0.3, -0.25) is 0 Å². The maximum atomic E-state index is 14.3. The van der Waals surface area contributed by atoms with Gasteiger partial charge in [-0.25, -0.2) is 35.9 Å². The van der Waals surface area contributed by atoms with Gasteiger partial charge in [-0.2, -0.15) is 8.78 Å². The van der Waals surface area contributed by atoms with E-state index < -0.39 is 80.9 Å². The molecule has 2 rings (SSSR count). The SMILES string of the molecule is C=COC(=O)c1c(F)c(F)c(-c2c(F)c(F)c(OC(=O)C=C)c(F)c2F)c(F)c1F. The molecule has 0 aliphatic rings. The second-order valence-electron chi connectivity index (χ2n) is 5.16. The highest BCUT2D eigenvalue weighted by Gasteiger charge is 2.36. The van der Waals surface area contributed by atoms with Crippen LogP contribution in [0.25, 0.3) is 11.1 Å². The third kappa shape index (κ3) is 3.51. The van der Waals surface area contributed by atoms with Gasteiger partial charge < -0.3 is 9.47 Å². The zero-order valence-corrected chi connectivity index (χ0v) is 14.2. The highest BCUT2D eigenvalue weighted by Crippen LogP contribution is 2.40. The van der Waals surface area contributed by atoms with Crippen molar-refractivity contribution in [2.75, 3.05) is 0 Å². The normalized spacial score (nSPS) is 10.5. The largest absolute Gasteiger partial charge is 0.431 e. The second kappa shape index (κ2) is 8.35. The molecule has 0 radical (unpaired) electrons. The summed E-state index contributed by atoms with van der Waals surface area (Å²) >= 11 is 0. The predicted molar refractivity (Wildman–Crippen MR) is 83.0 cm³/mol. The van der Waals surface area contributed by atoms with Crippen LogP contribution in [0.4, 0.5) is 35.1 Å². The first-order valence-corrected chi connectivity index (χ1v) is 7.37. The first-order valence-electron chi connectivity index (χ1n) is 7.37. The van der Waals surface area contributed by atoms with Gasteiger partial charge in [-0.1, -0.05) is 13.2 Å². The van der Waals surface area contributed by atoms with E-state index in [1.807, 2.05) is 0 Å². The molecule has 0 saturated heterocycles. The summed E-state index contributed by atoms with van der Waals surface area (Å²) < 4.78 is 121. The number of carbonyl (C=O) groups is 2. The second-order valence-corrected chi connectivity index (χ2v) is 5.16. The lowest BCUT2D eigenvalue weighted by Gasteiger charge is -2.14. The number of rotatable bonds is 5. The zero-order chi connectivity index (χ0) is 22.9. The first-order chi connectivity index (χ1) is 14.0. The third-order valence-electron chi connectivity index (χ3n) is 3.50. The Balaban J connectivity index is 2.89. The highest BCUT2D eigenvalue weighted by atomic mass is 19.2. The Labute approximate surface area is 161 Å².